The molecular weight excluding hydrogens is 239 g/mol. The number of rotatable bonds is 4. The van der Waals surface area contributed by atoms with E-state index in [-0.39, 0.29) is 18.1 Å². The lowest BCUT2D eigenvalue weighted by atomic mass is 10.3. The molecule has 1 aromatic carbocycles. The van der Waals surface area contributed by atoms with Gasteiger partial charge >= 0.3 is 6.03 Å². The zero-order valence-corrected chi connectivity index (χ0v) is 9.93. The Morgan fingerprint density at radius 1 is 1.39 bits per heavy atom. The maximum absolute atomic E-state index is 13.1. The van der Waals surface area contributed by atoms with Gasteiger partial charge in [-0.15, -0.1) is 0 Å². The summed E-state index contributed by atoms with van der Waals surface area (Å²) >= 11 is 0. The molecule has 6 heteroatoms. The Morgan fingerprint density at radius 3 is 2.83 bits per heavy atom. The standard InChI is InChI=1S/C12H13FN2O3/c1-18-6-5-14-8-11(16)15(12(14)17)10-4-2-3-9(13)7-10/h2-4,7H,5-6,8H2,1H3. The van der Waals surface area contributed by atoms with E-state index in [1.165, 1.54) is 30.2 Å². The molecule has 1 fully saturated rings. The fourth-order valence-corrected chi connectivity index (χ4v) is 1.80. The molecule has 2 rings (SSSR count). The Hall–Kier alpha value is -1.95. The Morgan fingerprint density at radius 2 is 2.17 bits per heavy atom. The van der Waals surface area contributed by atoms with E-state index < -0.39 is 11.8 Å². The van der Waals surface area contributed by atoms with Crippen molar-refractivity contribution in [2.45, 2.75) is 0 Å². The van der Waals surface area contributed by atoms with E-state index in [1.807, 2.05) is 0 Å². The van der Waals surface area contributed by atoms with Crippen molar-refractivity contribution in [3.05, 3.63) is 30.1 Å². The largest absolute Gasteiger partial charge is 0.383 e. The number of hydrogen-bond acceptors (Lipinski definition) is 3. The average molecular weight is 252 g/mol. The predicted molar refractivity (Wildman–Crippen MR) is 62.7 cm³/mol. The first kappa shape index (κ1) is 12.5. The summed E-state index contributed by atoms with van der Waals surface area (Å²) in [5.74, 6) is -0.842. The summed E-state index contributed by atoms with van der Waals surface area (Å²) in [6, 6.07) is 4.97. The van der Waals surface area contributed by atoms with Gasteiger partial charge in [-0.1, -0.05) is 6.07 Å². The predicted octanol–water partition coefficient (Wildman–Crippen LogP) is 1.24. The Kier molecular flexibility index (Phi) is 3.57. The van der Waals surface area contributed by atoms with Crippen LogP contribution in [0.4, 0.5) is 14.9 Å². The van der Waals surface area contributed by atoms with Gasteiger partial charge in [-0.2, -0.15) is 0 Å². The third-order valence-corrected chi connectivity index (χ3v) is 2.67. The normalized spacial score (nSPS) is 15.7. The number of imide groups is 1. The van der Waals surface area contributed by atoms with Gasteiger partial charge in [0.1, 0.15) is 12.4 Å². The number of carbonyl (C=O) groups excluding carboxylic acids is 2. The lowest BCUT2D eigenvalue weighted by molar-refractivity contribution is -0.116. The van der Waals surface area contributed by atoms with Gasteiger partial charge in [0.2, 0.25) is 0 Å². The van der Waals surface area contributed by atoms with Crippen LogP contribution in [0.5, 0.6) is 0 Å². The number of urea groups is 1. The minimum atomic E-state index is -0.483. The highest BCUT2D eigenvalue weighted by Crippen LogP contribution is 2.21. The molecule has 96 valence electrons. The summed E-state index contributed by atoms with van der Waals surface area (Å²) in [6.45, 7) is 0.696. The van der Waals surface area contributed by atoms with Gasteiger partial charge in [0.15, 0.2) is 0 Å². The van der Waals surface area contributed by atoms with E-state index in [2.05, 4.69) is 0 Å². The fourth-order valence-electron chi connectivity index (χ4n) is 1.80. The zero-order valence-electron chi connectivity index (χ0n) is 9.93. The van der Waals surface area contributed by atoms with Crippen molar-refractivity contribution in [1.82, 2.24) is 4.90 Å². The molecule has 0 saturated carbocycles. The molecule has 0 radical (unpaired) electrons. The van der Waals surface area contributed by atoms with Crippen LogP contribution in [0.3, 0.4) is 0 Å². The minimum Gasteiger partial charge on any atom is -0.383 e. The molecular formula is C12H13FN2O3. The molecule has 1 saturated heterocycles. The van der Waals surface area contributed by atoms with Crippen molar-refractivity contribution in [3.63, 3.8) is 0 Å². The Balaban J connectivity index is 2.19. The van der Waals surface area contributed by atoms with E-state index >= 15 is 0 Å². The molecule has 1 heterocycles. The molecule has 5 nitrogen and oxygen atoms in total. The molecule has 3 amide bonds. The van der Waals surface area contributed by atoms with Crippen LogP contribution in [0, 0.1) is 5.82 Å². The van der Waals surface area contributed by atoms with Gasteiger partial charge in [-0.25, -0.2) is 14.1 Å². The van der Waals surface area contributed by atoms with Crippen LogP contribution in [0.25, 0.3) is 0 Å². The number of ether oxygens (including phenoxy) is 1. The topological polar surface area (TPSA) is 49.9 Å². The van der Waals surface area contributed by atoms with Gasteiger partial charge in [-0.3, -0.25) is 4.79 Å². The van der Waals surface area contributed by atoms with Crippen molar-refractivity contribution < 1.29 is 18.7 Å². The molecule has 0 bridgehead atoms. The van der Waals surface area contributed by atoms with Crippen LogP contribution in [0.15, 0.2) is 24.3 Å². The monoisotopic (exact) mass is 252 g/mol. The van der Waals surface area contributed by atoms with E-state index in [0.29, 0.717) is 13.2 Å². The van der Waals surface area contributed by atoms with Gasteiger partial charge in [-0.05, 0) is 18.2 Å². The summed E-state index contributed by atoms with van der Waals surface area (Å²) in [6.07, 6.45) is 0. The second kappa shape index (κ2) is 5.14. The third kappa shape index (κ3) is 2.33. The second-order valence-corrected chi connectivity index (χ2v) is 3.91. The van der Waals surface area contributed by atoms with Crippen molar-refractivity contribution in [2.24, 2.45) is 0 Å². The maximum Gasteiger partial charge on any atom is 0.331 e. The first-order chi connectivity index (χ1) is 8.63. The summed E-state index contributed by atoms with van der Waals surface area (Å²) in [5.41, 5.74) is 0.255. The average Bonchev–Trinajstić information content (AvgIpc) is 2.62. The molecule has 0 atom stereocenters. The molecule has 0 aromatic heterocycles. The highest BCUT2D eigenvalue weighted by Gasteiger charge is 2.36. The maximum atomic E-state index is 13.1. The number of benzene rings is 1. The number of nitrogens with zero attached hydrogens (tertiary/aromatic N) is 2. The van der Waals surface area contributed by atoms with Gasteiger partial charge in [0.25, 0.3) is 5.91 Å². The zero-order chi connectivity index (χ0) is 13.1. The first-order valence-electron chi connectivity index (χ1n) is 5.50. The van der Waals surface area contributed by atoms with Gasteiger partial charge < -0.3 is 9.64 Å². The van der Waals surface area contributed by atoms with Crippen LogP contribution in [0.1, 0.15) is 0 Å². The summed E-state index contributed by atoms with van der Waals surface area (Å²) in [5, 5.41) is 0. The van der Waals surface area contributed by atoms with Crippen LogP contribution in [0.2, 0.25) is 0 Å². The highest BCUT2D eigenvalue weighted by atomic mass is 19.1. The minimum absolute atomic E-state index is 0.00128. The number of hydrogen-bond donors (Lipinski definition) is 0. The van der Waals surface area contributed by atoms with Crippen molar-refractivity contribution in [1.29, 1.82) is 0 Å². The number of halogens is 1. The van der Waals surface area contributed by atoms with E-state index in [1.54, 1.807) is 0 Å². The Labute approximate surface area is 104 Å². The molecule has 0 unspecified atom stereocenters. The summed E-state index contributed by atoms with van der Waals surface area (Å²) < 4.78 is 18.0. The van der Waals surface area contributed by atoms with Crippen molar-refractivity contribution in [2.75, 3.05) is 31.7 Å². The number of amides is 3. The SMILES string of the molecule is COCCN1CC(=O)N(c2cccc(F)c2)C1=O. The lowest BCUT2D eigenvalue weighted by Crippen LogP contribution is -2.34. The first-order valence-corrected chi connectivity index (χ1v) is 5.50. The van der Waals surface area contributed by atoms with Crippen LogP contribution in [-0.2, 0) is 9.53 Å². The van der Waals surface area contributed by atoms with Crippen LogP contribution >= 0.6 is 0 Å². The van der Waals surface area contributed by atoms with Gasteiger partial charge in [0.05, 0.1) is 12.3 Å². The quantitative estimate of drug-likeness (QED) is 0.757. The van der Waals surface area contributed by atoms with Crippen LogP contribution < -0.4 is 4.90 Å². The summed E-state index contributed by atoms with van der Waals surface area (Å²) in [7, 11) is 1.52. The molecule has 1 aromatic rings. The molecule has 0 aliphatic carbocycles. The van der Waals surface area contributed by atoms with Crippen molar-refractivity contribution in [3.8, 4) is 0 Å². The third-order valence-electron chi connectivity index (χ3n) is 2.67. The molecule has 1 aliphatic rings. The molecule has 0 N–H and O–H groups in total. The molecule has 18 heavy (non-hydrogen) atoms. The van der Waals surface area contributed by atoms with E-state index in [0.717, 1.165) is 11.0 Å². The number of methoxy groups -OCH3 is 1. The lowest BCUT2D eigenvalue weighted by Gasteiger charge is -2.16. The smallest absolute Gasteiger partial charge is 0.331 e. The number of anilines is 1. The van der Waals surface area contributed by atoms with Crippen molar-refractivity contribution >= 4 is 17.6 Å². The Bertz CT molecular complexity index is 478. The molecule has 1 aliphatic heterocycles. The van der Waals surface area contributed by atoms with Crippen LogP contribution in [-0.4, -0.2) is 43.6 Å². The van der Waals surface area contributed by atoms with E-state index in [9.17, 15) is 14.0 Å². The summed E-state index contributed by atoms with van der Waals surface area (Å²) in [4.78, 5) is 26.1. The molecule has 0 spiro atoms. The van der Waals surface area contributed by atoms with Gasteiger partial charge in [0, 0.05) is 13.7 Å². The highest BCUT2D eigenvalue weighted by molar-refractivity contribution is 6.19. The number of carbonyl (C=O) groups is 2. The van der Waals surface area contributed by atoms with E-state index in [4.69, 9.17) is 4.74 Å². The second-order valence-electron chi connectivity index (χ2n) is 3.91. The fraction of sp³-hybridized carbons (Fsp3) is 0.333.